The zero-order chi connectivity index (χ0) is 26.8. The molecule has 0 bridgehead atoms. The van der Waals surface area contributed by atoms with Crippen molar-refractivity contribution < 1.29 is 24.2 Å². The van der Waals surface area contributed by atoms with Crippen LogP contribution < -0.4 is 5.01 Å². The number of phenolic OH excluding ortho intramolecular Hbond substituents is 1. The van der Waals surface area contributed by atoms with Crippen molar-refractivity contribution in [1.82, 2.24) is 0 Å². The van der Waals surface area contributed by atoms with Gasteiger partial charge in [-0.05, 0) is 49.0 Å². The fourth-order valence-electron chi connectivity index (χ4n) is 3.05. The monoisotopic (exact) mass is 482 g/mol. The molecule has 7 heteroatoms. The number of nitrogens with zero attached hydrogens (tertiary/aromatic N) is 2. The van der Waals surface area contributed by atoms with E-state index in [1.165, 1.54) is 0 Å². The number of aryl methyl sites for hydroxylation is 1. The highest BCUT2D eigenvalue weighted by Crippen LogP contribution is 2.39. The minimum Gasteiger partial charge on any atom is -0.505 e. The number of ether oxygens (including phenoxy) is 2. The van der Waals surface area contributed by atoms with Crippen molar-refractivity contribution in [2.24, 2.45) is 5.10 Å². The fraction of sp³-hybridized carbons (Fsp3) is 0.393. The van der Waals surface area contributed by atoms with Crippen LogP contribution in [0.5, 0.6) is 5.75 Å². The summed E-state index contributed by atoms with van der Waals surface area (Å²) in [7, 11) is 1.74. The van der Waals surface area contributed by atoms with Crippen LogP contribution in [-0.4, -0.2) is 43.0 Å². The molecular weight excluding hydrogens is 444 g/mol. The number of aromatic hydroxyl groups is 1. The molecule has 35 heavy (non-hydrogen) atoms. The predicted molar refractivity (Wildman–Crippen MR) is 142 cm³/mol. The number of rotatable bonds is 12. The molecule has 1 rings (SSSR count). The van der Waals surface area contributed by atoms with E-state index in [0.717, 1.165) is 11.1 Å². The van der Waals surface area contributed by atoms with E-state index < -0.39 is 11.9 Å². The molecule has 0 radical (unpaired) electrons. The predicted octanol–water partition coefficient (Wildman–Crippen LogP) is 5.40. The van der Waals surface area contributed by atoms with Gasteiger partial charge in [0, 0.05) is 24.6 Å². The summed E-state index contributed by atoms with van der Waals surface area (Å²) in [5, 5.41) is 17.2. The van der Waals surface area contributed by atoms with E-state index >= 15 is 0 Å². The summed E-state index contributed by atoms with van der Waals surface area (Å²) in [6.45, 7) is 20.6. The second kappa shape index (κ2) is 13.3. The first-order valence-electron chi connectivity index (χ1n) is 11.4. The molecule has 0 saturated carbocycles. The second-order valence-electron chi connectivity index (χ2n) is 9.14. The lowest BCUT2D eigenvalue weighted by atomic mass is 9.84. The first-order valence-corrected chi connectivity index (χ1v) is 11.4. The van der Waals surface area contributed by atoms with Gasteiger partial charge in [-0.15, -0.1) is 0 Å². The van der Waals surface area contributed by atoms with Gasteiger partial charge in [-0.3, -0.25) is 9.80 Å². The third kappa shape index (κ3) is 9.27. The summed E-state index contributed by atoms with van der Waals surface area (Å²) in [6, 6.07) is 3.70. The van der Waals surface area contributed by atoms with Crippen LogP contribution in [0.3, 0.4) is 0 Å². The average Bonchev–Trinajstić information content (AvgIpc) is 2.79. The smallest absolute Gasteiger partial charge is 0.333 e. The molecule has 1 aromatic carbocycles. The molecule has 0 spiro atoms. The van der Waals surface area contributed by atoms with Crippen molar-refractivity contribution in [3.8, 4) is 5.75 Å². The molecule has 0 aliphatic rings. The minimum atomic E-state index is -0.520. The van der Waals surface area contributed by atoms with Crippen molar-refractivity contribution >= 4 is 23.3 Å². The molecule has 1 N–H and O–H groups in total. The zero-order valence-corrected chi connectivity index (χ0v) is 21.8. The third-order valence-electron chi connectivity index (χ3n) is 5.01. The van der Waals surface area contributed by atoms with E-state index in [9.17, 15) is 14.7 Å². The summed E-state index contributed by atoms with van der Waals surface area (Å²) in [4.78, 5) is 23.6. The Hall–Kier alpha value is -3.61. The van der Waals surface area contributed by atoms with Crippen LogP contribution in [0.25, 0.3) is 0 Å². The van der Waals surface area contributed by atoms with Gasteiger partial charge in [0.25, 0.3) is 0 Å². The molecule has 190 valence electrons. The number of carbonyl (C=O) groups is 2. The quantitative estimate of drug-likeness (QED) is 0.107. The van der Waals surface area contributed by atoms with Crippen LogP contribution in [-0.2, 0) is 30.9 Å². The topological polar surface area (TPSA) is 88.4 Å². The van der Waals surface area contributed by atoms with Crippen molar-refractivity contribution in [2.45, 2.75) is 52.9 Å². The standard InChI is InChI=1S/C28H38N2O5/c1-10-12-23(20(5)11-2)29-30(9)24-18-21(17-22(26(24)32)28(6,7)8)13-14-25(31)34-15-16-35-27(33)19(3)4/h10-12,17-18,32H,2-3,5,13-16H2,1,4,6-9H3/b12-10-,29-23-. The normalized spacial score (nSPS) is 11.8. The van der Waals surface area contributed by atoms with Gasteiger partial charge in [-0.2, -0.15) is 5.10 Å². The SMILES string of the molecule is C=CC(=C)C(/C=C\C)=N\N(C)c1cc(CCC(=O)OCCOC(=O)C(=C)C)cc(C(C)(C)C)c1O. The van der Waals surface area contributed by atoms with E-state index in [4.69, 9.17) is 9.47 Å². The van der Waals surface area contributed by atoms with Gasteiger partial charge in [0.2, 0.25) is 0 Å². The van der Waals surface area contributed by atoms with Crippen LogP contribution in [0.4, 0.5) is 5.69 Å². The third-order valence-corrected chi connectivity index (χ3v) is 5.01. The number of esters is 2. The highest BCUT2D eigenvalue weighted by Gasteiger charge is 2.23. The lowest BCUT2D eigenvalue weighted by molar-refractivity contribution is -0.150. The van der Waals surface area contributed by atoms with Crippen molar-refractivity contribution in [1.29, 1.82) is 0 Å². The van der Waals surface area contributed by atoms with Gasteiger partial charge < -0.3 is 14.6 Å². The number of phenols is 1. The maximum Gasteiger partial charge on any atom is 0.333 e. The first-order chi connectivity index (χ1) is 16.3. The first kappa shape index (κ1) is 29.4. The molecule has 0 atom stereocenters. The van der Waals surface area contributed by atoms with Gasteiger partial charge in [0.15, 0.2) is 0 Å². The Morgan fingerprint density at radius 2 is 1.80 bits per heavy atom. The Kier molecular flexibility index (Phi) is 11.2. The maximum atomic E-state index is 12.2. The minimum absolute atomic E-state index is 0.0235. The summed E-state index contributed by atoms with van der Waals surface area (Å²) < 4.78 is 10.1. The Bertz CT molecular complexity index is 1030. The Morgan fingerprint density at radius 3 is 2.34 bits per heavy atom. The molecule has 1 aromatic rings. The van der Waals surface area contributed by atoms with Gasteiger partial charge in [0.05, 0.1) is 5.71 Å². The zero-order valence-electron chi connectivity index (χ0n) is 21.8. The molecule has 0 unspecified atom stereocenters. The number of carbonyl (C=O) groups excluding carboxylic acids is 2. The van der Waals surface area contributed by atoms with Gasteiger partial charge in [-0.1, -0.05) is 58.7 Å². The van der Waals surface area contributed by atoms with E-state index in [1.54, 1.807) is 31.1 Å². The molecule has 7 nitrogen and oxygen atoms in total. The number of anilines is 1. The lowest BCUT2D eigenvalue weighted by Gasteiger charge is -2.26. The van der Waals surface area contributed by atoms with Crippen LogP contribution in [0.2, 0.25) is 0 Å². The van der Waals surface area contributed by atoms with Gasteiger partial charge >= 0.3 is 11.9 Å². The molecule has 0 saturated heterocycles. The number of hydrogen-bond acceptors (Lipinski definition) is 7. The second-order valence-corrected chi connectivity index (χ2v) is 9.14. The van der Waals surface area contributed by atoms with E-state index in [1.807, 2.05) is 45.9 Å². The number of hydrogen-bond donors (Lipinski definition) is 1. The molecule has 0 amide bonds. The number of allylic oxidation sites excluding steroid dienone is 4. The molecule has 0 aromatic heterocycles. The summed E-state index contributed by atoms with van der Waals surface area (Å²) >= 11 is 0. The van der Waals surface area contributed by atoms with E-state index in [-0.39, 0.29) is 36.4 Å². The highest BCUT2D eigenvalue weighted by molar-refractivity contribution is 6.10. The Labute approximate surface area is 209 Å². The number of hydrazone groups is 1. The molecule has 0 aliphatic carbocycles. The van der Waals surface area contributed by atoms with E-state index in [0.29, 0.717) is 23.4 Å². The van der Waals surface area contributed by atoms with Gasteiger partial charge in [0.1, 0.15) is 24.7 Å². The summed E-state index contributed by atoms with van der Waals surface area (Å²) in [5.41, 5.74) is 3.31. The van der Waals surface area contributed by atoms with Crippen LogP contribution in [0.1, 0.15) is 52.2 Å². The molecule has 0 heterocycles. The molecule has 0 aliphatic heterocycles. The van der Waals surface area contributed by atoms with Crippen LogP contribution in [0.15, 0.2) is 66.3 Å². The van der Waals surface area contributed by atoms with Crippen LogP contribution >= 0.6 is 0 Å². The van der Waals surface area contributed by atoms with Crippen molar-refractivity contribution in [2.75, 3.05) is 25.3 Å². The maximum absolute atomic E-state index is 12.2. The van der Waals surface area contributed by atoms with Crippen molar-refractivity contribution in [3.05, 3.63) is 72.4 Å². The molecular formula is C28H38N2O5. The lowest BCUT2D eigenvalue weighted by Crippen LogP contribution is -2.18. The number of benzene rings is 1. The van der Waals surface area contributed by atoms with Gasteiger partial charge in [-0.25, -0.2) is 4.79 Å². The Morgan fingerprint density at radius 1 is 1.17 bits per heavy atom. The van der Waals surface area contributed by atoms with Crippen LogP contribution in [0, 0.1) is 0 Å². The summed E-state index contributed by atoms with van der Waals surface area (Å²) in [5.74, 6) is -0.806. The van der Waals surface area contributed by atoms with E-state index in [2.05, 4.69) is 24.8 Å². The van der Waals surface area contributed by atoms with Crippen molar-refractivity contribution in [3.63, 3.8) is 0 Å². The fourth-order valence-corrected chi connectivity index (χ4v) is 3.05. The Balaban J connectivity index is 3.09. The highest BCUT2D eigenvalue weighted by atomic mass is 16.6. The molecule has 0 fully saturated rings. The largest absolute Gasteiger partial charge is 0.505 e. The summed E-state index contributed by atoms with van der Waals surface area (Å²) in [6.07, 6.45) is 5.82. The average molecular weight is 483 g/mol.